The zero-order valence-corrected chi connectivity index (χ0v) is 66.6. The lowest BCUT2D eigenvalue weighted by atomic mass is 9.96. The highest BCUT2D eigenvalue weighted by molar-refractivity contribution is 5.76. The van der Waals surface area contributed by atoms with Gasteiger partial charge >= 0.3 is 0 Å². The van der Waals surface area contributed by atoms with E-state index in [1.54, 1.807) is 6.08 Å². The van der Waals surface area contributed by atoms with Crippen LogP contribution in [0.2, 0.25) is 0 Å². The van der Waals surface area contributed by atoms with Crippen molar-refractivity contribution in [3.8, 4) is 0 Å². The molecule has 107 heavy (non-hydrogen) atoms. The van der Waals surface area contributed by atoms with Crippen LogP contribution in [0.4, 0.5) is 0 Å². The second-order valence-electron chi connectivity index (χ2n) is 30.3. The minimum atomic E-state index is -1.98. The Morgan fingerprint density at radius 2 is 0.645 bits per heavy atom. The molecule has 3 aliphatic heterocycles. The zero-order chi connectivity index (χ0) is 77.4. The number of unbranched alkanes of at least 4 members (excludes halogenated alkanes) is 38. The number of nitrogens with one attached hydrogen (secondary N) is 1. The van der Waals surface area contributed by atoms with Crippen LogP contribution in [-0.2, 0) is 33.2 Å². The number of ether oxygens (including phenoxy) is 6. The van der Waals surface area contributed by atoms with Crippen molar-refractivity contribution in [1.82, 2.24) is 5.32 Å². The van der Waals surface area contributed by atoms with Crippen molar-refractivity contribution in [2.75, 3.05) is 26.4 Å². The lowest BCUT2D eigenvalue weighted by Gasteiger charge is -2.48. The van der Waals surface area contributed by atoms with Crippen LogP contribution >= 0.6 is 0 Å². The number of carbonyl (C=O) groups excluding carboxylic acids is 1. The molecule has 17 unspecified atom stereocenters. The molecule has 3 rings (SSSR count). The summed E-state index contributed by atoms with van der Waals surface area (Å²) in [6.45, 7) is 1.66. The van der Waals surface area contributed by atoms with Crippen molar-refractivity contribution in [3.05, 3.63) is 97.2 Å². The SMILES string of the molecule is CC/C=C\C/C=C\C/C=C\C/C=C\C/C=C\C/C=C\C/C=C\CCCCCCCCCCCCCCCCCCCCCC(=O)NC(COC1OC(CO)C(OC2OC(CO)C(OC3OC(CO)C(O)C(O)C3O)C(O)C2O)C(O)C1O)C(O)/C=C/CCCCCCCCCCCCCCCCCCCCC. The largest absolute Gasteiger partial charge is 0.394 e. The van der Waals surface area contributed by atoms with Gasteiger partial charge in [-0.3, -0.25) is 4.79 Å². The van der Waals surface area contributed by atoms with Crippen LogP contribution in [0.15, 0.2) is 97.2 Å². The van der Waals surface area contributed by atoms with Crippen LogP contribution < -0.4 is 5.32 Å². The maximum Gasteiger partial charge on any atom is 0.220 e. The van der Waals surface area contributed by atoms with Gasteiger partial charge in [0.1, 0.15) is 73.2 Å². The average molecular weight is 1520 g/mol. The summed E-state index contributed by atoms with van der Waals surface area (Å²) in [6, 6.07) is -0.977. The van der Waals surface area contributed by atoms with Crippen LogP contribution in [0.5, 0.6) is 0 Å². The van der Waals surface area contributed by atoms with Gasteiger partial charge in [-0.15, -0.1) is 0 Å². The summed E-state index contributed by atoms with van der Waals surface area (Å²) in [7, 11) is 0. The molecular formula is C88H155NO18. The fraction of sp³-hybridized carbons (Fsp3) is 0.807. The number of amides is 1. The van der Waals surface area contributed by atoms with Gasteiger partial charge in [0.15, 0.2) is 18.9 Å². The van der Waals surface area contributed by atoms with E-state index in [0.717, 1.165) is 89.9 Å². The molecule has 19 nitrogen and oxygen atoms in total. The van der Waals surface area contributed by atoms with E-state index in [-0.39, 0.29) is 18.9 Å². The lowest BCUT2D eigenvalue weighted by Crippen LogP contribution is -2.66. The summed E-state index contributed by atoms with van der Waals surface area (Å²) >= 11 is 0. The van der Waals surface area contributed by atoms with Gasteiger partial charge in [-0.1, -0.05) is 336 Å². The predicted octanol–water partition coefficient (Wildman–Crippen LogP) is 15.5. The van der Waals surface area contributed by atoms with Gasteiger partial charge in [-0.05, 0) is 77.0 Å². The molecule has 19 heteroatoms. The highest BCUT2D eigenvalue weighted by atomic mass is 16.8. The highest BCUT2D eigenvalue weighted by Crippen LogP contribution is 2.33. The Morgan fingerprint density at radius 3 is 1.01 bits per heavy atom. The molecule has 3 aliphatic rings. The van der Waals surface area contributed by atoms with Gasteiger partial charge in [0.05, 0.1) is 38.6 Å². The number of hydrogen-bond donors (Lipinski definition) is 12. The maximum absolute atomic E-state index is 13.5. The molecule has 3 fully saturated rings. The van der Waals surface area contributed by atoms with Gasteiger partial charge in [0.25, 0.3) is 0 Å². The van der Waals surface area contributed by atoms with Crippen LogP contribution in [-0.4, -0.2) is 193 Å². The minimum absolute atomic E-state index is 0.243. The van der Waals surface area contributed by atoms with Crippen molar-refractivity contribution in [1.29, 1.82) is 0 Å². The number of rotatable bonds is 68. The number of hydrogen-bond acceptors (Lipinski definition) is 18. The second-order valence-corrected chi connectivity index (χ2v) is 30.3. The number of aliphatic hydroxyl groups excluding tert-OH is 11. The van der Waals surface area contributed by atoms with Crippen molar-refractivity contribution in [2.24, 2.45) is 0 Å². The number of allylic oxidation sites excluding steroid dienone is 15. The summed E-state index contributed by atoms with van der Waals surface area (Å²) < 4.78 is 34.5. The summed E-state index contributed by atoms with van der Waals surface area (Å²) in [5.41, 5.74) is 0. The first kappa shape index (κ1) is 97.9. The molecule has 620 valence electrons. The molecule has 0 aromatic carbocycles. The molecule has 0 spiro atoms. The molecule has 0 aromatic heterocycles. The fourth-order valence-electron chi connectivity index (χ4n) is 14.1. The topological polar surface area (TPSA) is 307 Å². The molecule has 0 radical (unpaired) electrons. The summed E-state index contributed by atoms with van der Waals surface area (Å²) in [6.07, 6.45) is 65.4. The van der Waals surface area contributed by atoms with Crippen LogP contribution in [0.3, 0.4) is 0 Å². The smallest absolute Gasteiger partial charge is 0.220 e. The highest BCUT2D eigenvalue weighted by Gasteiger charge is 2.54. The van der Waals surface area contributed by atoms with Gasteiger partial charge in [-0.2, -0.15) is 0 Å². The molecule has 1 amide bonds. The second kappa shape index (κ2) is 67.2. The molecule has 3 saturated heterocycles. The Bertz CT molecular complexity index is 2310. The third kappa shape index (κ3) is 46.5. The van der Waals surface area contributed by atoms with E-state index in [2.05, 4.69) is 104 Å². The van der Waals surface area contributed by atoms with Gasteiger partial charge in [0, 0.05) is 6.42 Å². The monoisotopic (exact) mass is 1510 g/mol. The van der Waals surface area contributed by atoms with Crippen molar-refractivity contribution < 1.29 is 89.4 Å². The molecule has 0 aliphatic carbocycles. The van der Waals surface area contributed by atoms with Crippen LogP contribution in [0, 0.1) is 0 Å². The number of carbonyl (C=O) groups is 1. The molecule has 0 aromatic rings. The molecule has 3 heterocycles. The quantitative estimate of drug-likeness (QED) is 0.0199. The van der Waals surface area contributed by atoms with Gasteiger partial charge < -0.3 is 89.9 Å². The molecule has 17 atom stereocenters. The first-order chi connectivity index (χ1) is 52.3. The molecular weight excluding hydrogens is 1360 g/mol. The third-order valence-electron chi connectivity index (χ3n) is 20.9. The molecule has 0 bridgehead atoms. The maximum atomic E-state index is 13.5. The van der Waals surface area contributed by atoms with Crippen molar-refractivity contribution in [3.63, 3.8) is 0 Å². The van der Waals surface area contributed by atoms with E-state index in [1.807, 2.05) is 6.08 Å². The minimum Gasteiger partial charge on any atom is -0.394 e. The standard InChI is InChI=1S/C88H155NO18/c1-3-5-7-9-11-13-15-17-19-21-23-25-26-27-28-29-30-31-32-33-34-35-36-37-38-39-40-41-42-43-44-46-48-50-52-54-56-58-60-62-64-66-76(94)89-71(72(93)65-63-61-59-57-55-53-51-49-47-45-24-22-20-18-16-14-12-10-8-6-4-2)70-102-86-82(100)79(97)84(74(68-91)104-86)107-88-83(101)80(98)85(75(69-92)105-88)106-87-81(99)78(96)77(95)73(67-90)103-87/h5,7,11,13,17,19,23,25,27-28,30-31,33-34,63,65,71-75,77-88,90-93,95-101H,3-4,6,8-10,12,14-16,18,20-22,24,26,29,32,35-62,64,66-70H2,1-2H3,(H,89,94)/b7-5-,13-11-,19-17-,25-23-,28-27-,31-30-,34-33-,65-63+. The fourth-order valence-corrected chi connectivity index (χ4v) is 14.1. The first-order valence-electron chi connectivity index (χ1n) is 43.0. The first-order valence-corrected chi connectivity index (χ1v) is 43.0. The lowest BCUT2D eigenvalue weighted by molar-refractivity contribution is -0.379. The van der Waals surface area contributed by atoms with E-state index in [0.29, 0.717) is 6.42 Å². The Kier molecular flexibility index (Phi) is 61.5. The summed E-state index contributed by atoms with van der Waals surface area (Å²) in [5.74, 6) is -0.272. The third-order valence-corrected chi connectivity index (χ3v) is 20.9. The molecule has 12 N–H and O–H groups in total. The Hall–Kier alpha value is -3.29. The van der Waals surface area contributed by atoms with Gasteiger partial charge in [0.2, 0.25) is 5.91 Å². The zero-order valence-electron chi connectivity index (χ0n) is 66.6. The predicted molar refractivity (Wildman–Crippen MR) is 429 cm³/mol. The van der Waals surface area contributed by atoms with Crippen molar-refractivity contribution in [2.45, 2.75) is 426 Å². The van der Waals surface area contributed by atoms with E-state index >= 15 is 0 Å². The van der Waals surface area contributed by atoms with Crippen LogP contribution in [0.25, 0.3) is 0 Å². The Labute approximate surface area is 647 Å². The average Bonchev–Trinajstić information content (AvgIpc) is 0.782. The van der Waals surface area contributed by atoms with Crippen LogP contribution in [0.1, 0.15) is 322 Å². The van der Waals surface area contributed by atoms with E-state index in [1.165, 1.54) is 205 Å². The van der Waals surface area contributed by atoms with Crippen molar-refractivity contribution >= 4 is 5.91 Å². The Balaban J connectivity index is 1.31. The molecule has 0 saturated carbocycles. The summed E-state index contributed by atoms with van der Waals surface area (Å²) in [5, 5.41) is 121. The normalized spacial score (nSPS) is 26.0. The Morgan fingerprint density at radius 1 is 0.346 bits per heavy atom. The summed E-state index contributed by atoms with van der Waals surface area (Å²) in [4.78, 5) is 13.5. The van der Waals surface area contributed by atoms with E-state index in [9.17, 15) is 61.0 Å². The number of aliphatic hydroxyl groups is 11. The van der Waals surface area contributed by atoms with E-state index < -0.39 is 124 Å². The van der Waals surface area contributed by atoms with E-state index in [4.69, 9.17) is 28.4 Å². The van der Waals surface area contributed by atoms with Gasteiger partial charge in [-0.25, -0.2) is 0 Å².